The predicted molar refractivity (Wildman–Crippen MR) is 57.0 cm³/mol. The van der Waals surface area contributed by atoms with Gasteiger partial charge in [-0.2, -0.15) is 0 Å². The second-order valence-electron chi connectivity index (χ2n) is 3.54. The molecule has 0 N–H and O–H groups in total. The van der Waals surface area contributed by atoms with Gasteiger partial charge in [-0.05, 0) is 29.7 Å². The van der Waals surface area contributed by atoms with Gasteiger partial charge in [0.25, 0.3) is 6.43 Å². The average molecular weight is 235 g/mol. The highest BCUT2D eigenvalue weighted by atomic mass is 35.5. The number of benzene rings is 1. The Morgan fingerprint density at radius 1 is 1.33 bits per heavy atom. The molecule has 84 valence electrons. The fourth-order valence-corrected chi connectivity index (χ4v) is 1.55. The van der Waals surface area contributed by atoms with Crippen LogP contribution < -0.4 is 4.74 Å². The van der Waals surface area contributed by atoms with Crippen LogP contribution in [0, 0.1) is 0 Å². The molecule has 0 saturated heterocycles. The zero-order valence-corrected chi connectivity index (χ0v) is 9.39. The molecule has 0 unspecified atom stereocenters. The lowest BCUT2D eigenvalue weighted by Crippen LogP contribution is -2.07. The lowest BCUT2D eigenvalue weighted by Gasteiger charge is -2.11. The first-order chi connectivity index (χ1) is 7.00. The van der Waals surface area contributed by atoms with Gasteiger partial charge in [-0.1, -0.05) is 25.4 Å². The van der Waals surface area contributed by atoms with Crippen molar-refractivity contribution in [2.45, 2.75) is 26.2 Å². The van der Waals surface area contributed by atoms with Gasteiger partial charge in [0.05, 0.1) is 0 Å². The molecule has 0 aliphatic carbocycles. The van der Waals surface area contributed by atoms with E-state index < -0.39 is 13.0 Å². The SMILES string of the molecule is CC(C)c1cc(OCC(F)F)ccc1Cl. The molecule has 1 aromatic rings. The summed E-state index contributed by atoms with van der Waals surface area (Å²) < 4.78 is 28.7. The van der Waals surface area contributed by atoms with Crippen molar-refractivity contribution in [2.24, 2.45) is 0 Å². The van der Waals surface area contributed by atoms with Crippen LogP contribution in [-0.4, -0.2) is 13.0 Å². The molecule has 15 heavy (non-hydrogen) atoms. The molecule has 0 atom stereocenters. The van der Waals surface area contributed by atoms with Crippen LogP contribution >= 0.6 is 11.6 Å². The van der Waals surface area contributed by atoms with Crippen LogP contribution in [0.2, 0.25) is 5.02 Å². The van der Waals surface area contributed by atoms with Gasteiger partial charge in [-0.15, -0.1) is 0 Å². The molecule has 1 rings (SSSR count). The molecular formula is C11H13ClF2O. The third kappa shape index (κ3) is 3.67. The Hall–Kier alpha value is -0.830. The van der Waals surface area contributed by atoms with Crippen LogP contribution in [0.15, 0.2) is 18.2 Å². The highest BCUT2D eigenvalue weighted by Crippen LogP contribution is 2.28. The largest absolute Gasteiger partial charge is 0.488 e. The highest BCUT2D eigenvalue weighted by Gasteiger charge is 2.08. The molecule has 0 heterocycles. The number of halogens is 3. The Bertz CT molecular complexity index is 326. The standard InChI is InChI=1S/C11H13ClF2O/c1-7(2)9-5-8(3-4-10(9)12)15-6-11(13)14/h3-5,7,11H,6H2,1-2H3. The smallest absolute Gasteiger partial charge is 0.272 e. The second kappa shape index (κ2) is 5.31. The molecule has 4 heteroatoms. The summed E-state index contributed by atoms with van der Waals surface area (Å²) in [6.07, 6.45) is -2.46. The Morgan fingerprint density at radius 2 is 2.00 bits per heavy atom. The molecular weight excluding hydrogens is 222 g/mol. The van der Waals surface area contributed by atoms with Crippen molar-refractivity contribution in [1.29, 1.82) is 0 Å². The molecule has 0 radical (unpaired) electrons. The van der Waals surface area contributed by atoms with Crippen molar-refractivity contribution in [1.82, 2.24) is 0 Å². The fourth-order valence-electron chi connectivity index (χ4n) is 1.21. The zero-order valence-electron chi connectivity index (χ0n) is 8.64. The molecule has 1 nitrogen and oxygen atoms in total. The van der Waals surface area contributed by atoms with E-state index in [9.17, 15) is 8.78 Å². The summed E-state index contributed by atoms with van der Waals surface area (Å²) in [4.78, 5) is 0. The molecule has 1 aromatic carbocycles. The van der Waals surface area contributed by atoms with E-state index in [1.165, 1.54) is 0 Å². The maximum atomic E-state index is 11.9. The third-order valence-corrected chi connectivity index (χ3v) is 2.31. The van der Waals surface area contributed by atoms with Gasteiger partial charge in [0.2, 0.25) is 0 Å². The van der Waals surface area contributed by atoms with Crippen molar-refractivity contribution in [2.75, 3.05) is 6.61 Å². The Morgan fingerprint density at radius 3 is 2.53 bits per heavy atom. The van der Waals surface area contributed by atoms with Crippen molar-refractivity contribution in [3.8, 4) is 5.75 Å². The van der Waals surface area contributed by atoms with E-state index in [4.69, 9.17) is 16.3 Å². The number of alkyl halides is 2. The van der Waals surface area contributed by atoms with Crippen molar-refractivity contribution in [3.63, 3.8) is 0 Å². The Kier molecular flexibility index (Phi) is 4.33. The van der Waals surface area contributed by atoms with E-state index in [2.05, 4.69) is 0 Å². The molecule has 0 saturated carbocycles. The number of ether oxygens (including phenoxy) is 1. The maximum absolute atomic E-state index is 11.9. The summed E-state index contributed by atoms with van der Waals surface area (Å²) in [5.41, 5.74) is 0.906. The van der Waals surface area contributed by atoms with Crippen LogP contribution in [0.25, 0.3) is 0 Å². The Labute approximate surface area is 93.0 Å². The molecule has 0 spiro atoms. The summed E-state index contributed by atoms with van der Waals surface area (Å²) in [5, 5.41) is 0.634. The minimum Gasteiger partial charge on any atom is -0.488 e. The fraction of sp³-hybridized carbons (Fsp3) is 0.455. The van der Waals surface area contributed by atoms with Crippen LogP contribution in [0.3, 0.4) is 0 Å². The van der Waals surface area contributed by atoms with Crippen molar-refractivity contribution in [3.05, 3.63) is 28.8 Å². The van der Waals surface area contributed by atoms with E-state index in [-0.39, 0.29) is 5.92 Å². The van der Waals surface area contributed by atoms with E-state index in [1.807, 2.05) is 13.8 Å². The lowest BCUT2D eigenvalue weighted by atomic mass is 10.0. The number of hydrogen-bond donors (Lipinski definition) is 0. The molecule has 0 bridgehead atoms. The molecule has 0 aliphatic rings. The summed E-state index contributed by atoms with van der Waals surface area (Å²) in [5.74, 6) is 0.677. The van der Waals surface area contributed by atoms with Crippen LogP contribution in [0.4, 0.5) is 8.78 Å². The monoisotopic (exact) mass is 234 g/mol. The molecule has 0 aromatic heterocycles. The van der Waals surface area contributed by atoms with Gasteiger partial charge in [0.15, 0.2) is 0 Å². The third-order valence-electron chi connectivity index (χ3n) is 1.97. The van der Waals surface area contributed by atoms with E-state index in [0.29, 0.717) is 10.8 Å². The number of rotatable bonds is 4. The first-order valence-electron chi connectivity index (χ1n) is 4.71. The van der Waals surface area contributed by atoms with Gasteiger partial charge >= 0.3 is 0 Å². The maximum Gasteiger partial charge on any atom is 0.272 e. The van der Waals surface area contributed by atoms with Crippen LogP contribution in [-0.2, 0) is 0 Å². The minimum atomic E-state index is -2.46. The predicted octanol–water partition coefficient (Wildman–Crippen LogP) is 4.11. The first-order valence-corrected chi connectivity index (χ1v) is 5.09. The summed E-state index contributed by atoms with van der Waals surface area (Å²) in [7, 11) is 0. The zero-order chi connectivity index (χ0) is 11.4. The van der Waals surface area contributed by atoms with Gasteiger partial charge in [-0.25, -0.2) is 8.78 Å². The van der Waals surface area contributed by atoms with Crippen molar-refractivity contribution >= 4 is 11.6 Å². The van der Waals surface area contributed by atoms with E-state index in [1.54, 1.807) is 18.2 Å². The second-order valence-corrected chi connectivity index (χ2v) is 3.95. The summed E-state index contributed by atoms with van der Waals surface area (Å²) >= 11 is 5.95. The highest BCUT2D eigenvalue weighted by molar-refractivity contribution is 6.31. The molecule has 0 amide bonds. The Balaban J connectivity index is 2.78. The minimum absolute atomic E-state index is 0.243. The van der Waals surface area contributed by atoms with Crippen LogP contribution in [0.1, 0.15) is 25.3 Å². The normalized spacial score (nSPS) is 11.1. The first kappa shape index (κ1) is 12.2. The van der Waals surface area contributed by atoms with Crippen LogP contribution in [0.5, 0.6) is 5.75 Å². The lowest BCUT2D eigenvalue weighted by molar-refractivity contribution is 0.0818. The van der Waals surface area contributed by atoms with Gasteiger partial charge < -0.3 is 4.74 Å². The quantitative estimate of drug-likeness (QED) is 0.762. The summed E-state index contributed by atoms with van der Waals surface area (Å²) in [6, 6.07) is 4.96. The average Bonchev–Trinajstić information content (AvgIpc) is 2.16. The van der Waals surface area contributed by atoms with E-state index >= 15 is 0 Å². The topological polar surface area (TPSA) is 9.23 Å². The van der Waals surface area contributed by atoms with Crippen molar-refractivity contribution < 1.29 is 13.5 Å². The molecule has 0 aliphatic heterocycles. The van der Waals surface area contributed by atoms with Gasteiger partial charge in [0.1, 0.15) is 12.4 Å². The van der Waals surface area contributed by atoms with Gasteiger partial charge in [0, 0.05) is 5.02 Å². The van der Waals surface area contributed by atoms with E-state index in [0.717, 1.165) is 5.56 Å². The molecule has 0 fully saturated rings. The number of hydrogen-bond acceptors (Lipinski definition) is 1. The summed E-state index contributed by atoms with van der Waals surface area (Å²) in [6.45, 7) is 3.38. The van der Waals surface area contributed by atoms with Gasteiger partial charge in [-0.3, -0.25) is 0 Å².